The standard InChI is InChI=1S/C20H28N4O/c1-16-5-7-17(8-6-16)20-21-19(25-22-20)15-23-13-9-18(10-14-23)24-11-3-2-4-12-24/h5-8,18H,2-4,9-15H2,1H3. The average Bonchev–Trinajstić information content (AvgIpc) is 3.12. The fourth-order valence-electron chi connectivity index (χ4n) is 4.06. The predicted octanol–water partition coefficient (Wildman–Crippen LogP) is 3.50. The van der Waals surface area contributed by atoms with Gasteiger partial charge in [0.2, 0.25) is 11.7 Å². The van der Waals surface area contributed by atoms with Crippen molar-refractivity contribution in [1.82, 2.24) is 19.9 Å². The molecule has 1 aromatic heterocycles. The molecule has 5 heteroatoms. The van der Waals surface area contributed by atoms with E-state index in [-0.39, 0.29) is 0 Å². The van der Waals surface area contributed by atoms with E-state index in [1.165, 1.54) is 50.8 Å². The minimum Gasteiger partial charge on any atom is -0.338 e. The summed E-state index contributed by atoms with van der Waals surface area (Å²) in [6.07, 6.45) is 6.70. The molecule has 2 saturated heterocycles. The molecule has 0 amide bonds. The summed E-state index contributed by atoms with van der Waals surface area (Å²) in [5, 5.41) is 4.15. The fraction of sp³-hybridized carbons (Fsp3) is 0.600. The maximum Gasteiger partial charge on any atom is 0.241 e. The topological polar surface area (TPSA) is 45.4 Å². The van der Waals surface area contributed by atoms with Crippen LogP contribution in [0.1, 0.15) is 43.6 Å². The highest BCUT2D eigenvalue weighted by Crippen LogP contribution is 2.22. The van der Waals surface area contributed by atoms with Gasteiger partial charge in [-0.2, -0.15) is 4.98 Å². The van der Waals surface area contributed by atoms with E-state index in [2.05, 4.69) is 39.0 Å². The first-order valence-corrected chi connectivity index (χ1v) is 9.64. The molecule has 0 aliphatic carbocycles. The molecule has 134 valence electrons. The number of rotatable bonds is 4. The molecule has 4 rings (SSSR count). The van der Waals surface area contributed by atoms with Gasteiger partial charge in [0.25, 0.3) is 0 Å². The van der Waals surface area contributed by atoms with Crippen molar-refractivity contribution in [2.75, 3.05) is 26.2 Å². The molecular weight excluding hydrogens is 312 g/mol. The van der Waals surface area contributed by atoms with Crippen LogP contribution >= 0.6 is 0 Å². The smallest absolute Gasteiger partial charge is 0.241 e. The van der Waals surface area contributed by atoms with Crippen molar-refractivity contribution in [2.45, 2.75) is 51.6 Å². The van der Waals surface area contributed by atoms with Crippen LogP contribution < -0.4 is 0 Å². The monoisotopic (exact) mass is 340 g/mol. The van der Waals surface area contributed by atoms with Crippen molar-refractivity contribution >= 4 is 0 Å². The minimum atomic E-state index is 0.693. The molecular formula is C20H28N4O. The zero-order valence-electron chi connectivity index (χ0n) is 15.2. The fourth-order valence-corrected chi connectivity index (χ4v) is 4.06. The van der Waals surface area contributed by atoms with Gasteiger partial charge in [-0.05, 0) is 45.7 Å². The predicted molar refractivity (Wildman–Crippen MR) is 98.2 cm³/mol. The number of nitrogens with zero attached hydrogens (tertiary/aromatic N) is 4. The summed E-state index contributed by atoms with van der Waals surface area (Å²) in [4.78, 5) is 9.75. The van der Waals surface area contributed by atoms with Crippen molar-refractivity contribution in [3.8, 4) is 11.4 Å². The Balaban J connectivity index is 1.31. The van der Waals surface area contributed by atoms with E-state index in [4.69, 9.17) is 4.52 Å². The number of benzene rings is 1. The van der Waals surface area contributed by atoms with E-state index in [0.29, 0.717) is 5.82 Å². The zero-order valence-corrected chi connectivity index (χ0v) is 15.2. The SMILES string of the molecule is Cc1ccc(-c2noc(CN3CCC(N4CCCCC4)CC3)n2)cc1. The Labute approximate surface area is 150 Å². The first-order valence-electron chi connectivity index (χ1n) is 9.64. The molecule has 1 aromatic carbocycles. The van der Waals surface area contributed by atoms with Gasteiger partial charge in [-0.15, -0.1) is 0 Å². The van der Waals surface area contributed by atoms with E-state index >= 15 is 0 Å². The van der Waals surface area contributed by atoms with Gasteiger partial charge in [-0.3, -0.25) is 4.90 Å². The van der Waals surface area contributed by atoms with Crippen LogP contribution in [0.25, 0.3) is 11.4 Å². The summed E-state index contributed by atoms with van der Waals surface area (Å²) in [5.41, 5.74) is 2.26. The van der Waals surface area contributed by atoms with Gasteiger partial charge in [0.1, 0.15) is 0 Å². The van der Waals surface area contributed by atoms with Gasteiger partial charge in [0.05, 0.1) is 6.54 Å². The quantitative estimate of drug-likeness (QED) is 0.852. The molecule has 0 N–H and O–H groups in total. The zero-order chi connectivity index (χ0) is 17.1. The molecule has 0 unspecified atom stereocenters. The third-order valence-electron chi connectivity index (χ3n) is 5.60. The normalized spacial score (nSPS) is 20.8. The lowest BCUT2D eigenvalue weighted by molar-refractivity contribution is 0.0847. The summed E-state index contributed by atoms with van der Waals surface area (Å²) < 4.78 is 5.48. The van der Waals surface area contributed by atoms with Crippen LogP contribution in [0, 0.1) is 6.92 Å². The molecule has 2 fully saturated rings. The number of hydrogen-bond donors (Lipinski definition) is 0. The van der Waals surface area contributed by atoms with Crippen LogP contribution in [0.4, 0.5) is 0 Å². The summed E-state index contributed by atoms with van der Waals surface area (Å²) in [7, 11) is 0. The van der Waals surface area contributed by atoms with Gasteiger partial charge in [0.15, 0.2) is 0 Å². The van der Waals surface area contributed by atoms with Crippen molar-refractivity contribution in [2.24, 2.45) is 0 Å². The molecule has 0 atom stereocenters. The third-order valence-corrected chi connectivity index (χ3v) is 5.60. The molecule has 25 heavy (non-hydrogen) atoms. The number of piperidine rings is 2. The highest BCUT2D eigenvalue weighted by Gasteiger charge is 2.26. The minimum absolute atomic E-state index is 0.693. The lowest BCUT2D eigenvalue weighted by Crippen LogP contribution is -2.46. The van der Waals surface area contributed by atoms with Crippen LogP contribution in [-0.2, 0) is 6.54 Å². The van der Waals surface area contributed by atoms with Crippen molar-refractivity contribution < 1.29 is 4.52 Å². The van der Waals surface area contributed by atoms with Gasteiger partial charge < -0.3 is 9.42 Å². The van der Waals surface area contributed by atoms with E-state index in [0.717, 1.165) is 37.1 Å². The summed E-state index contributed by atoms with van der Waals surface area (Å²) >= 11 is 0. The van der Waals surface area contributed by atoms with E-state index in [9.17, 15) is 0 Å². The Morgan fingerprint density at radius 1 is 1.00 bits per heavy atom. The Morgan fingerprint density at radius 3 is 2.44 bits per heavy atom. The molecule has 3 heterocycles. The van der Waals surface area contributed by atoms with E-state index < -0.39 is 0 Å². The summed E-state index contributed by atoms with van der Waals surface area (Å²) in [6, 6.07) is 9.04. The van der Waals surface area contributed by atoms with Crippen LogP contribution in [0.5, 0.6) is 0 Å². The maximum absolute atomic E-state index is 5.48. The largest absolute Gasteiger partial charge is 0.338 e. The molecule has 0 bridgehead atoms. The number of likely N-dealkylation sites (tertiary alicyclic amines) is 2. The first-order chi connectivity index (χ1) is 12.3. The Hall–Kier alpha value is -1.72. The van der Waals surface area contributed by atoms with Gasteiger partial charge >= 0.3 is 0 Å². The molecule has 2 aliphatic rings. The first kappa shape index (κ1) is 16.7. The van der Waals surface area contributed by atoms with Crippen molar-refractivity contribution in [3.63, 3.8) is 0 Å². The summed E-state index contributed by atoms with van der Waals surface area (Å²) in [6.45, 7) is 7.71. The van der Waals surface area contributed by atoms with E-state index in [1.54, 1.807) is 0 Å². The number of aromatic nitrogens is 2. The molecule has 0 saturated carbocycles. The Bertz CT molecular complexity index is 667. The van der Waals surface area contributed by atoms with Gasteiger partial charge in [0, 0.05) is 24.7 Å². The van der Waals surface area contributed by atoms with Crippen molar-refractivity contribution in [1.29, 1.82) is 0 Å². The molecule has 0 radical (unpaired) electrons. The van der Waals surface area contributed by atoms with Crippen LogP contribution in [0.2, 0.25) is 0 Å². The lowest BCUT2D eigenvalue weighted by Gasteiger charge is -2.39. The van der Waals surface area contributed by atoms with Gasteiger partial charge in [-0.25, -0.2) is 0 Å². The third kappa shape index (κ3) is 4.10. The second kappa shape index (κ2) is 7.67. The second-order valence-corrected chi connectivity index (χ2v) is 7.48. The highest BCUT2D eigenvalue weighted by atomic mass is 16.5. The average molecular weight is 340 g/mol. The molecule has 2 aromatic rings. The second-order valence-electron chi connectivity index (χ2n) is 7.48. The molecule has 0 spiro atoms. The van der Waals surface area contributed by atoms with Crippen LogP contribution in [0.3, 0.4) is 0 Å². The Morgan fingerprint density at radius 2 is 1.72 bits per heavy atom. The summed E-state index contributed by atoms with van der Waals surface area (Å²) in [5.74, 6) is 1.42. The Kier molecular flexibility index (Phi) is 5.13. The van der Waals surface area contributed by atoms with E-state index in [1.807, 2.05) is 12.1 Å². The lowest BCUT2D eigenvalue weighted by atomic mass is 10.00. The maximum atomic E-state index is 5.48. The number of hydrogen-bond acceptors (Lipinski definition) is 5. The molecule has 5 nitrogen and oxygen atoms in total. The number of aryl methyl sites for hydroxylation is 1. The van der Waals surface area contributed by atoms with Gasteiger partial charge in [-0.1, -0.05) is 41.4 Å². The van der Waals surface area contributed by atoms with Crippen molar-refractivity contribution in [3.05, 3.63) is 35.7 Å². The van der Waals surface area contributed by atoms with Crippen LogP contribution in [-0.4, -0.2) is 52.2 Å². The molecule has 2 aliphatic heterocycles. The van der Waals surface area contributed by atoms with Crippen LogP contribution in [0.15, 0.2) is 28.8 Å². The highest BCUT2D eigenvalue weighted by molar-refractivity contribution is 5.54.